The summed E-state index contributed by atoms with van der Waals surface area (Å²) in [7, 11) is 0. The van der Waals surface area contributed by atoms with Gasteiger partial charge in [-0.3, -0.25) is 4.79 Å². The van der Waals surface area contributed by atoms with Gasteiger partial charge in [0.05, 0.1) is 0 Å². The van der Waals surface area contributed by atoms with Crippen molar-refractivity contribution >= 4 is 11.9 Å². The Hall–Kier alpha value is -1.84. The number of hydrogen-bond donors (Lipinski definition) is 0. The van der Waals surface area contributed by atoms with Gasteiger partial charge < -0.3 is 9.64 Å². The van der Waals surface area contributed by atoms with E-state index in [1.807, 2.05) is 20.8 Å². The number of ether oxygens (including phenoxy) is 1. The van der Waals surface area contributed by atoms with Gasteiger partial charge in [0, 0.05) is 25.9 Å². The smallest absolute Gasteiger partial charge is 0.410 e. The van der Waals surface area contributed by atoms with E-state index in [1.54, 1.807) is 4.90 Å². The molecule has 0 saturated heterocycles. The molecule has 0 radical (unpaired) electrons. The van der Waals surface area contributed by atoms with Gasteiger partial charge in [0.1, 0.15) is 11.4 Å². The number of Topliss-reactive ketones (excluding diaryl/α,β-unsaturated/α-hetero) is 1. The molecule has 1 amide bonds. The number of benzene rings is 1. The van der Waals surface area contributed by atoms with Crippen molar-refractivity contribution in [1.29, 1.82) is 0 Å². The van der Waals surface area contributed by atoms with Gasteiger partial charge in [0.15, 0.2) is 0 Å². The Balaban J connectivity index is 1.83. The van der Waals surface area contributed by atoms with Crippen LogP contribution in [0.15, 0.2) is 12.1 Å². The Bertz CT molecular complexity index is 713. The van der Waals surface area contributed by atoms with Crippen molar-refractivity contribution in [3.63, 3.8) is 0 Å². The van der Waals surface area contributed by atoms with Crippen LogP contribution in [0.1, 0.15) is 63.3 Å². The molecule has 2 aliphatic rings. The maximum atomic E-state index is 12.4. The summed E-state index contributed by atoms with van der Waals surface area (Å²) in [5.41, 5.74) is 4.49. The van der Waals surface area contributed by atoms with Gasteiger partial charge in [-0.25, -0.2) is 4.79 Å². The molecule has 1 aromatic rings. The first-order valence-corrected chi connectivity index (χ1v) is 9.20. The summed E-state index contributed by atoms with van der Waals surface area (Å²) >= 11 is 0. The van der Waals surface area contributed by atoms with E-state index < -0.39 is 5.60 Å². The molecule has 4 nitrogen and oxygen atoms in total. The maximum absolute atomic E-state index is 12.4. The average Bonchev–Trinajstić information content (AvgIpc) is 2.65. The van der Waals surface area contributed by atoms with Gasteiger partial charge in [0.2, 0.25) is 0 Å². The van der Waals surface area contributed by atoms with Gasteiger partial charge in [-0.15, -0.1) is 0 Å². The van der Waals surface area contributed by atoms with Crippen LogP contribution in [0.3, 0.4) is 0 Å². The Morgan fingerprint density at radius 2 is 1.68 bits per heavy atom. The van der Waals surface area contributed by atoms with Crippen molar-refractivity contribution in [2.24, 2.45) is 0 Å². The van der Waals surface area contributed by atoms with E-state index in [9.17, 15) is 9.59 Å². The summed E-state index contributed by atoms with van der Waals surface area (Å²) in [6, 6.07) is 4.50. The lowest BCUT2D eigenvalue weighted by Crippen LogP contribution is -2.38. The van der Waals surface area contributed by atoms with Crippen LogP contribution in [-0.4, -0.2) is 35.5 Å². The van der Waals surface area contributed by atoms with Crippen LogP contribution >= 0.6 is 0 Å². The van der Waals surface area contributed by atoms with Crippen LogP contribution in [0.2, 0.25) is 0 Å². The molecule has 0 atom stereocenters. The first-order valence-electron chi connectivity index (χ1n) is 9.20. The standard InChI is InChI=1S/C21H29NO3/c1-20(2,3)25-19(24)22-8-6-14-10-16-11-17(23)13-21(4,5)18(16)12-15(14)7-9-22/h10,12H,6-9,11,13H2,1-5H3. The minimum Gasteiger partial charge on any atom is -0.444 e. The molecular weight excluding hydrogens is 314 g/mol. The number of ketones is 1. The lowest BCUT2D eigenvalue weighted by atomic mass is 9.71. The lowest BCUT2D eigenvalue weighted by Gasteiger charge is -2.32. The van der Waals surface area contributed by atoms with Gasteiger partial charge in [-0.2, -0.15) is 0 Å². The monoisotopic (exact) mass is 343 g/mol. The highest BCUT2D eigenvalue weighted by atomic mass is 16.6. The Kier molecular flexibility index (Phi) is 4.42. The van der Waals surface area contributed by atoms with Crippen LogP contribution in [0.5, 0.6) is 0 Å². The van der Waals surface area contributed by atoms with Crippen LogP contribution in [0.4, 0.5) is 4.79 Å². The number of hydrogen-bond acceptors (Lipinski definition) is 3. The molecule has 0 N–H and O–H groups in total. The third-order valence-electron chi connectivity index (χ3n) is 5.14. The molecule has 0 aromatic heterocycles. The zero-order valence-corrected chi connectivity index (χ0v) is 16.1. The van der Waals surface area contributed by atoms with Crippen molar-refractivity contribution in [2.75, 3.05) is 13.1 Å². The van der Waals surface area contributed by atoms with E-state index in [-0.39, 0.29) is 11.5 Å². The highest BCUT2D eigenvalue weighted by Gasteiger charge is 2.33. The summed E-state index contributed by atoms with van der Waals surface area (Å²) in [6.07, 6.45) is 2.58. The van der Waals surface area contributed by atoms with Crippen molar-refractivity contribution in [2.45, 2.75) is 71.3 Å². The summed E-state index contributed by atoms with van der Waals surface area (Å²) in [5, 5.41) is 0. The normalized spacial score (nSPS) is 19.7. The predicted octanol–water partition coefficient (Wildman–Crippen LogP) is 3.82. The molecule has 1 aliphatic carbocycles. The first kappa shape index (κ1) is 18.0. The van der Waals surface area contributed by atoms with Crippen molar-refractivity contribution in [1.82, 2.24) is 4.90 Å². The van der Waals surface area contributed by atoms with Gasteiger partial charge >= 0.3 is 6.09 Å². The zero-order valence-electron chi connectivity index (χ0n) is 16.1. The number of amides is 1. The molecule has 1 aromatic carbocycles. The topological polar surface area (TPSA) is 46.6 Å². The quantitative estimate of drug-likeness (QED) is 0.719. The minimum absolute atomic E-state index is 0.100. The molecule has 1 heterocycles. The first-order chi connectivity index (χ1) is 11.5. The van der Waals surface area contributed by atoms with E-state index >= 15 is 0 Å². The fourth-order valence-corrected chi connectivity index (χ4v) is 3.98. The summed E-state index contributed by atoms with van der Waals surface area (Å²) in [6.45, 7) is 11.3. The number of carbonyl (C=O) groups is 2. The molecule has 0 saturated carbocycles. The molecule has 1 aliphatic heterocycles. The summed E-state index contributed by atoms with van der Waals surface area (Å²) < 4.78 is 5.52. The second-order valence-corrected chi connectivity index (χ2v) is 9.02. The lowest BCUT2D eigenvalue weighted by molar-refractivity contribution is -0.120. The maximum Gasteiger partial charge on any atom is 0.410 e. The van der Waals surface area contributed by atoms with Gasteiger partial charge in [-0.05, 0) is 61.3 Å². The van der Waals surface area contributed by atoms with Crippen LogP contribution in [-0.2, 0) is 34.2 Å². The molecule has 136 valence electrons. The van der Waals surface area contributed by atoms with Crippen LogP contribution in [0.25, 0.3) is 0 Å². The summed E-state index contributed by atoms with van der Waals surface area (Å²) in [5.74, 6) is 0.321. The van der Waals surface area contributed by atoms with Gasteiger partial charge in [-0.1, -0.05) is 26.0 Å². The largest absolute Gasteiger partial charge is 0.444 e. The third-order valence-corrected chi connectivity index (χ3v) is 5.14. The fraction of sp³-hybridized carbons (Fsp3) is 0.619. The number of fused-ring (bicyclic) bond motifs is 2. The van der Waals surface area contributed by atoms with E-state index in [2.05, 4.69) is 26.0 Å². The highest BCUT2D eigenvalue weighted by Crippen LogP contribution is 2.37. The molecule has 3 rings (SSSR count). The SMILES string of the molecule is CC(C)(C)OC(=O)N1CCc2cc3c(cc2CC1)C(C)(C)CC(=O)C3. The van der Waals surface area contributed by atoms with E-state index in [1.165, 1.54) is 22.3 Å². The number of rotatable bonds is 0. The Labute approximate surface area is 150 Å². The minimum atomic E-state index is -0.473. The molecule has 4 heteroatoms. The Morgan fingerprint density at radius 1 is 1.08 bits per heavy atom. The van der Waals surface area contributed by atoms with Gasteiger partial charge in [0.25, 0.3) is 0 Å². The van der Waals surface area contributed by atoms with E-state index in [0.29, 0.717) is 31.7 Å². The van der Waals surface area contributed by atoms with Crippen LogP contribution in [0, 0.1) is 0 Å². The van der Waals surface area contributed by atoms with Crippen LogP contribution < -0.4 is 0 Å². The molecule has 0 bridgehead atoms. The second kappa shape index (κ2) is 6.15. The van der Waals surface area contributed by atoms with Crippen molar-refractivity contribution in [3.05, 3.63) is 34.4 Å². The van der Waals surface area contributed by atoms with E-state index in [0.717, 1.165) is 12.8 Å². The molecule has 0 spiro atoms. The molecular formula is C21H29NO3. The molecule has 0 fully saturated rings. The third kappa shape index (κ3) is 3.88. The fourth-order valence-electron chi connectivity index (χ4n) is 3.98. The van der Waals surface area contributed by atoms with E-state index in [4.69, 9.17) is 4.74 Å². The highest BCUT2D eigenvalue weighted by molar-refractivity contribution is 5.85. The zero-order chi connectivity index (χ0) is 18.4. The molecule has 25 heavy (non-hydrogen) atoms. The van der Waals surface area contributed by atoms with Crippen molar-refractivity contribution < 1.29 is 14.3 Å². The number of carbonyl (C=O) groups excluding carboxylic acids is 2. The Morgan fingerprint density at radius 3 is 2.28 bits per heavy atom. The summed E-state index contributed by atoms with van der Waals surface area (Å²) in [4.78, 5) is 26.3. The van der Waals surface area contributed by atoms with Crippen molar-refractivity contribution in [3.8, 4) is 0 Å². The second-order valence-electron chi connectivity index (χ2n) is 9.02. The average molecular weight is 343 g/mol. The predicted molar refractivity (Wildman–Crippen MR) is 98.0 cm³/mol. The molecule has 0 unspecified atom stereocenters. The number of nitrogens with zero attached hydrogens (tertiary/aromatic N) is 1.